The zero-order chi connectivity index (χ0) is 24.2. The number of imide groups is 1. The van der Waals surface area contributed by atoms with E-state index < -0.39 is 23.9 Å². The lowest BCUT2D eigenvalue weighted by Gasteiger charge is -2.15. The number of halogens is 3. The van der Waals surface area contributed by atoms with Gasteiger partial charge in [0.05, 0.1) is 40.7 Å². The molecule has 8 nitrogen and oxygen atoms in total. The van der Waals surface area contributed by atoms with Gasteiger partial charge in [-0.3, -0.25) is 9.59 Å². The summed E-state index contributed by atoms with van der Waals surface area (Å²) in [5.74, 6) is -1.28. The van der Waals surface area contributed by atoms with E-state index in [1.807, 2.05) is 0 Å². The van der Waals surface area contributed by atoms with Crippen LogP contribution in [0.25, 0.3) is 16.7 Å². The highest BCUT2D eigenvalue weighted by molar-refractivity contribution is 6.37. The standard InChI is InChI=1S/C23H15F3N4O4/c1-12-18-19-17(11-27-20(18)30(28-12)13-6-8-15(33-2)9-7-13)21(31)29(22(19)32)14-4-3-5-16(10-14)34-23(24,25)26/h3-11H,1-2H3. The molecule has 2 aromatic heterocycles. The number of nitrogens with zero attached hydrogens (tertiary/aromatic N) is 4. The zero-order valence-electron chi connectivity index (χ0n) is 17.8. The molecule has 11 heteroatoms. The molecule has 0 unspecified atom stereocenters. The minimum Gasteiger partial charge on any atom is -0.497 e. The third-order valence-electron chi connectivity index (χ3n) is 5.35. The molecule has 2 amide bonds. The summed E-state index contributed by atoms with van der Waals surface area (Å²) in [6.07, 6.45) is -3.64. The average Bonchev–Trinajstić information content (AvgIpc) is 3.26. The zero-order valence-corrected chi connectivity index (χ0v) is 17.8. The SMILES string of the molecule is COc1ccc(-n2nc(C)c3c4c(cnc32)C(=O)N(c2cccc(OC(F)(F)F)c2)C4=O)cc1. The molecular formula is C23H15F3N4O4. The van der Waals surface area contributed by atoms with E-state index in [4.69, 9.17) is 4.74 Å². The number of hydrogen-bond donors (Lipinski definition) is 0. The predicted molar refractivity (Wildman–Crippen MR) is 114 cm³/mol. The molecule has 2 aromatic carbocycles. The molecule has 0 spiro atoms. The van der Waals surface area contributed by atoms with E-state index >= 15 is 0 Å². The van der Waals surface area contributed by atoms with Gasteiger partial charge in [-0.15, -0.1) is 13.2 Å². The molecule has 0 saturated carbocycles. The summed E-state index contributed by atoms with van der Waals surface area (Å²) in [5.41, 5.74) is 1.57. The summed E-state index contributed by atoms with van der Waals surface area (Å²) in [6.45, 7) is 1.68. The molecule has 5 rings (SSSR count). The molecule has 0 N–H and O–H groups in total. The van der Waals surface area contributed by atoms with Gasteiger partial charge in [-0.2, -0.15) is 5.10 Å². The molecule has 0 radical (unpaired) electrons. The fourth-order valence-corrected chi connectivity index (χ4v) is 3.92. The van der Waals surface area contributed by atoms with Crippen LogP contribution in [-0.4, -0.2) is 40.1 Å². The van der Waals surface area contributed by atoms with Gasteiger partial charge < -0.3 is 9.47 Å². The lowest BCUT2D eigenvalue weighted by atomic mass is 10.1. The summed E-state index contributed by atoms with van der Waals surface area (Å²) < 4.78 is 48.5. The molecule has 0 bridgehead atoms. The Hall–Kier alpha value is -4.41. The first-order chi connectivity index (χ1) is 16.2. The number of carbonyl (C=O) groups is 2. The molecule has 1 aliphatic rings. The summed E-state index contributed by atoms with van der Waals surface area (Å²) in [6, 6.07) is 11.7. The van der Waals surface area contributed by atoms with Gasteiger partial charge in [0.15, 0.2) is 5.65 Å². The predicted octanol–water partition coefficient (Wildman–Crippen LogP) is 4.44. The van der Waals surface area contributed by atoms with Crippen LogP contribution in [0.2, 0.25) is 0 Å². The molecule has 0 atom stereocenters. The monoisotopic (exact) mass is 468 g/mol. The number of alkyl halides is 3. The third kappa shape index (κ3) is 3.41. The highest BCUT2D eigenvalue weighted by Gasteiger charge is 2.40. The molecule has 172 valence electrons. The Bertz CT molecular complexity index is 1460. The van der Waals surface area contributed by atoms with E-state index in [1.165, 1.54) is 18.3 Å². The highest BCUT2D eigenvalue weighted by Crippen LogP contribution is 2.36. The van der Waals surface area contributed by atoms with Crippen LogP contribution in [0.4, 0.5) is 18.9 Å². The maximum absolute atomic E-state index is 13.4. The summed E-state index contributed by atoms with van der Waals surface area (Å²) in [5, 5.41) is 4.88. The van der Waals surface area contributed by atoms with Crippen molar-refractivity contribution in [3.63, 3.8) is 0 Å². The van der Waals surface area contributed by atoms with Crippen molar-refractivity contribution in [3.8, 4) is 17.2 Å². The number of fused-ring (bicyclic) bond motifs is 3. The van der Waals surface area contributed by atoms with Crippen LogP contribution in [0, 0.1) is 6.92 Å². The van der Waals surface area contributed by atoms with Crippen molar-refractivity contribution < 1.29 is 32.2 Å². The third-order valence-corrected chi connectivity index (χ3v) is 5.35. The van der Waals surface area contributed by atoms with Gasteiger partial charge >= 0.3 is 6.36 Å². The number of benzene rings is 2. The Kier molecular flexibility index (Phi) is 4.78. The first kappa shape index (κ1) is 21.4. The first-order valence-corrected chi connectivity index (χ1v) is 9.95. The minimum atomic E-state index is -4.91. The van der Waals surface area contributed by atoms with E-state index in [-0.39, 0.29) is 16.8 Å². The number of hydrogen-bond acceptors (Lipinski definition) is 6. The smallest absolute Gasteiger partial charge is 0.497 e. The van der Waals surface area contributed by atoms with Gasteiger partial charge in [-0.05, 0) is 43.3 Å². The second-order valence-corrected chi connectivity index (χ2v) is 7.43. The average molecular weight is 468 g/mol. The maximum atomic E-state index is 13.4. The van der Waals surface area contributed by atoms with Crippen molar-refractivity contribution in [2.24, 2.45) is 0 Å². The number of amides is 2. The Morgan fingerprint density at radius 2 is 1.68 bits per heavy atom. The second-order valence-electron chi connectivity index (χ2n) is 7.43. The largest absolute Gasteiger partial charge is 0.573 e. The fraction of sp³-hybridized carbons (Fsp3) is 0.130. The minimum absolute atomic E-state index is 0.0389. The van der Waals surface area contributed by atoms with Gasteiger partial charge in [0, 0.05) is 12.3 Å². The molecule has 0 aliphatic carbocycles. The number of aromatic nitrogens is 3. The number of rotatable bonds is 4. The summed E-state index contributed by atoms with van der Waals surface area (Å²) in [4.78, 5) is 31.6. The van der Waals surface area contributed by atoms with Gasteiger partial charge in [0.2, 0.25) is 0 Å². The number of carbonyl (C=O) groups excluding carboxylic acids is 2. The topological polar surface area (TPSA) is 86.6 Å². The van der Waals surface area contributed by atoms with Crippen molar-refractivity contribution in [2.75, 3.05) is 12.0 Å². The molecule has 34 heavy (non-hydrogen) atoms. The van der Waals surface area contributed by atoms with E-state index in [0.29, 0.717) is 28.2 Å². The van der Waals surface area contributed by atoms with E-state index in [2.05, 4.69) is 14.8 Å². The Morgan fingerprint density at radius 3 is 2.35 bits per heavy atom. The Labute approximate surface area is 190 Å². The highest BCUT2D eigenvalue weighted by atomic mass is 19.4. The van der Waals surface area contributed by atoms with Crippen LogP contribution >= 0.6 is 0 Å². The molecular weight excluding hydrogens is 453 g/mol. The van der Waals surface area contributed by atoms with Crippen molar-refractivity contribution in [2.45, 2.75) is 13.3 Å². The quantitative estimate of drug-likeness (QED) is 0.412. The fourth-order valence-electron chi connectivity index (χ4n) is 3.92. The number of methoxy groups -OCH3 is 1. The lowest BCUT2D eigenvalue weighted by molar-refractivity contribution is -0.274. The van der Waals surface area contributed by atoms with Crippen LogP contribution < -0.4 is 14.4 Å². The summed E-state index contributed by atoms with van der Waals surface area (Å²) >= 11 is 0. The van der Waals surface area contributed by atoms with Crippen molar-refractivity contribution in [1.29, 1.82) is 0 Å². The van der Waals surface area contributed by atoms with Crippen LogP contribution in [-0.2, 0) is 0 Å². The van der Waals surface area contributed by atoms with Crippen LogP contribution in [0.5, 0.6) is 11.5 Å². The molecule has 3 heterocycles. The van der Waals surface area contributed by atoms with Gasteiger partial charge in [-0.1, -0.05) is 6.07 Å². The Balaban J connectivity index is 1.60. The van der Waals surface area contributed by atoms with Crippen molar-refractivity contribution in [3.05, 3.63) is 71.5 Å². The number of anilines is 1. The van der Waals surface area contributed by atoms with Crippen LogP contribution in [0.15, 0.2) is 54.7 Å². The first-order valence-electron chi connectivity index (χ1n) is 9.95. The van der Waals surface area contributed by atoms with Crippen molar-refractivity contribution in [1.82, 2.24) is 14.8 Å². The maximum Gasteiger partial charge on any atom is 0.573 e. The van der Waals surface area contributed by atoms with E-state index in [0.717, 1.165) is 17.0 Å². The second kappa shape index (κ2) is 7.58. The molecule has 0 saturated heterocycles. The normalized spacial score (nSPS) is 13.5. The van der Waals surface area contributed by atoms with E-state index in [1.54, 1.807) is 43.0 Å². The molecule has 4 aromatic rings. The van der Waals surface area contributed by atoms with E-state index in [9.17, 15) is 22.8 Å². The van der Waals surface area contributed by atoms with Crippen molar-refractivity contribution >= 4 is 28.5 Å². The molecule has 1 aliphatic heterocycles. The number of pyridine rings is 1. The Morgan fingerprint density at radius 1 is 0.941 bits per heavy atom. The van der Waals surface area contributed by atoms with Crippen LogP contribution in [0.1, 0.15) is 26.4 Å². The molecule has 0 fully saturated rings. The lowest BCUT2D eigenvalue weighted by Crippen LogP contribution is -2.29. The number of ether oxygens (including phenoxy) is 2. The summed E-state index contributed by atoms with van der Waals surface area (Å²) in [7, 11) is 1.55. The van der Waals surface area contributed by atoms with Crippen LogP contribution in [0.3, 0.4) is 0 Å². The number of aryl methyl sites for hydroxylation is 1. The van der Waals surface area contributed by atoms with Gasteiger partial charge in [0.1, 0.15) is 11.5 Å². The van der Waals surface area contributed by atoms with Gasteiger partial charge in [-0.25, -0.2) is 14.6 Å². The van der Waals surface area contributed by atoms with Gasteiger partial charge in [0.25, 0.3) is 11.8 Å².